The molecule has 6 nitrogen and oxygen atoms in total. The molecule has 13 heavy (non-hydrogen) atoms. The van der Waals surface area contributed by atoms with E-state index in [1.54, 1.807) is 0 Å². The van der Waals surface area contributed by atoms with Crippen LogP contribution in [0.3, 0.4) is 0 Å². The summed E-state index contributed by atoms with van der Waals surface area (Å²) in [5.74, 6) is -1.20. The SMILES string of the molecule is N=C(N)c1ncc(Cl)nc1C(N)=O. The van der Waals surface area contributed by atoms with E-state index in [4.69, 9.17) is 28.5 Å². The van der Waals surface area contributed by atoms with E-state index in [0.717, 1.165) is 0 Å². The molecule has 1 aromatic heterocycles. The normalized spacial score (nSPS) is 9.62. The lowest BCUT2D eigenvalue weighted by atomic mass is 10.3. The molecule has 1 amide bonds. The van der Waals surface area contributed by atoms with E-state index in [1.165, 1.54) is 6.20 Å². The number of carbonyl (C=O) groups is 1. The van der Waals surface area contributed by atoms with Crippen molar-refractivity contribution in [3.05, 3.63) is 22.7 Å². The van der Waals surface area contributed by atoms with Gasteiger partial charge in [-0.05, 0) is 0 Å². The van der Waals surface area contributed by atoms with Gasteiger partial charge in [0, 0.05) is 0 Å². The fourth-order valence-corrected chi connectivity index (χ4v) is 0.870. The average molecular weight is 200 g/mol. The molecule has 0 aliphatic heterocycles. The highest BCUT2D eigenvalue weighted by molar-refractivity contribution is 6.29. The molecular weight excluding hydrogens is 194 g/mol. The smallest absolute Gasteiger partial charge is 0.269 e. The third kappa shape index (κ3) is 1.91. The zero-order valence-electron chi connectivity index (χ0n) is 6.41. The number of hydrogen-bond acceptors (Lipinski definition) is 4. The topological polar surface area (TPSA) is 119 Å². The largest absolute Gasteiger partial charge is 0.382 e. The van der Waals surface area contributed by atoms with Crippen molar-refractivity contribution < 1.29 is 4.79 Å². The van der Waals surface area contributed by atoms with Crippen molar-refractivity contribution in [1.82, 2.24) is 9.97 Å². The monoisotopic (exact) mass is 199 g/mol. The Morgan fingerprint density at radius 3 is 2.54 bits per heavy atom. The number of primary amides is 1. The Balaban J connectivity index is 3.35. The summed E-state index contributed by atoms with van der Waals surface area (Å²) in [6.07, 6.45) is 1.19. The maximum Gasteiger partial charge on any atom is 0.269 e. The van der Waals surface area contributed by atoms with Crippen molar-refractivity contribution >= 4 is 23.3 Å². The first-order chi connectivity index (χ1) is 6.02. The highest BCUT2D eigenvalue weighted by Crippen LogP contribution is 2.06. The highest BCUT2D eigenvalue weighted by Gasteiger charge is 2.14. The first-order valence-corrected chi connectivity index (χ1v) is 3.57. The van der Waals surface area contributed by atoms with Gasteiger partial charge in [0.1, 0.15) is 16.7 Å². The van der Waals surface area contributed by atoms with E-state index in [9.17, 15) is 4.79 Å². The van der Waals surface area contributed by atoms with Gasteiger partial charge in [0.15, 0.2) is 5.69 Å². The molecule has 68 valence electrons. The van der Waals surface area contributed by atoms with Crippen LogP contribution >= 0.6 is 11.6 Å². The summed E-state index contributed by atoms with van der Waals surface area (Å²) in [5.41, 5.74) is 9.85. The van der Waals surface area contributed by atoms with Gasteiger partial charge in [0.25, 0.3) is 5.91 Å². The van der Waals surface area contributed by atoms with E-state index in [2.05, 4.69) is 9.97 Å². The van der Waals surface area contributed by atoms with Gasteiger partial charge in [-0.2, -0.15) is 0 Å². The van der Waals surface area contributed by atoms with Crippen LogP contribution in [0, 0.1) is 5.41 Å². The second-order valence-corrected chi connectivity index (χ2v) is 2.56. The van der Waals surface area contributed by atoms with Crippen molar-refractivity contribution in [2.24, 2.45) is 11.5 Å². The second-order valence-electron chi connectivity index (χ2n) is 2.17. The number of hydrogen-bond donors (Lipinski definition) is 3. The lowest BCUT2D eigenvalue weighted by Gasteiger charge is -2.01. The first-order valence-electron chi connectivity index (χ1n) is 3.19. The number of nitrogens with zero attached hydrogens (tertiary/aromatic N) is 2. The zero-order chi connectivity index (χ0) is 10.0. The van der Waals surface area contributed by atoms with Gasteiger partial charge in [0.2, 0.25) is 0 Å². The molecule has 0 bridgehead atoms. The maximum absolute atomic E-state index is 10.8. The number of nitrogens with two attached hydrogens (primary N) is 2. The highest BCUT2D eigenvalue weighted by atomic mass is 35.5. The van der Waals surface area contributed by atoms with Crippen LogP contribution in [0.5, 0.6) is 0 Å². The number of nitrogen functional groups attached to an aromatic ring is 1. The van der Waals surface area contributed by atoms with Gasteiger partial charge in [-0.15, -0.1) is 0 Å². The standard InChI is InChI=1S/C6H6ClN5O/c7-2-1-11-3(5(8)9)4(12-2)6(10)13/h1H,(H3,8,9)(H2,10,13). The van der Waals surface area contributed by atoms with Crippen molar-refractivity contribution in [1.29, 1.82) is 5.41 Å². The van der Waals surface area contributed by atoms with Crippen LogP contribution in [-0.2, 0) is 0 Å². The fourth-order valence-electron chi connectivity index (χ4n) is 0.736. The Morgan fingerprint density at radius 1 is 1.46 bits per heavy atom. The van der Waals surface area contributed by atoms with Gasteiger partial charge in [-0.1, -0.05) is 11.6 Å². The molecule has 0 atom stereocenters. The fraction of sp³-hybridized carbons (Fsp3) is 0. The number of halogens is 1. The molecule has 1 aromatic rings. The predicted molar refractivity (Wildman–Crippen MR) is 46.6 cm³/mol. The number of aromatic nitrogens is 2. The second kappa shape index (κ2) is 3.36. The summed E-state index contributed by atoms with van der Waals surface area (Å²) in [6.45, 7) is 0. The summed E-state index contributed by atoms with van der Waals surface area (Å²) in [7, 11) is 0. The Kier molecular flexibility index (Phi) is 2.43. The minimum Gasteiger partial charge on any atom is -0.382 e. The molecule has 0 aliphatic carbocycles. The summed E-state index contributed by atoms with van der Waals surface area (Å²) in [6, 6.07) is 0. The van der Waals surface area contributed by atoms with Crippen molar-refractivity contribution in [2.45, 2.75) is 0 Å². The number of amidine groups is 1. The summed E-state index contributed by atoms with van der Waals surface area (Å²) in [5, 5.41) is 7.09. The lowest BCUT2D eigenvalue weighted by Crippen LogP contribution is -2.23. The Hall–Kier alpha value is -1.69. The summed E-state index contributed by atoms with van der Waals surface area (Å²) in [4.78, 5) is 18.0. The maximum atomic E-state index is 10.8. The molecular formula is C6H6ClN5O. The zero-order valence-corrected chi connectivity index (χ0v) is 7.17. The molecule has 0 fully saturated rings. The van der Waals surface area contributed by atoms with Crippen LogP contribution in [0.2, 0.25) is 5.15 Å². The van der Waals surface area contributed by atoms with Gasteiger partial charge >= 0.3 is 0 Å². The molecule has 0 aromatic carbocycles. The van der Waals surface area contributed by atoms with Gasteiger partial charge in [0.05, 0.1) is 6.20 Å². The average Bonchev–Trinajstić information content (AvgIpc) is 2.03. The van der Waals surface area contributed by atoms with Crippen molar-refractivity contribution in [2.75, 3.05) is 0 Å². The molecule has 1 rings (SSSR count). The van der Waals surface area contributed by atoms with Crippen LogP contribution in [0.15, 0.2) is 6.20 Å². The molecule has 0 saturated heterocycles. The first kappa shape index (κ1) is 9.40. The summed E-state index contributed by atoms with van der Waals surface area (Å²) >= 11 is 5.47. The van der Waals surface area contributed by atoms with E-state index in [0.29, 0.717) is 0 Å². The van der Waals surface area contributed by atoms with Crippen LogP contribution in [-0.4, -0.2) is 21.7 Å². The van der Waals surface area contributed by atoms with E-state index < -0.39 is 5.91 Å². The Bertz CT molecular complexity index is 377. The van der Waals surface area contributed by atoms with E-state index in [-0.39, 0.29) is 22.4 Å². The molecule has 0 aliphatic rings. The molecule has 7 heteroatoms. The quantitative estimate of drug-likeness (QED) is 0.440. The van der Waals surface area contributed by atoms with Gasteiger partial charge in [-0.3, -0.25) is 10.2 Å². The van der Waals surface area contributed by atoms with Gasteiger partial charge < -0.3 is 11.5 Å². The van der Waals surface area contributed by atoms with Crippen LogP contribution in [0.25, 0.3) is 0 Å². The molecule has 0 unspecified atom stereocenters. The molecule has 0 saturated carbocycles. The Morgan fingerprint density at radius 2 is 2.08 bits per heavy atom. The number of amides is 1. The third-order valence-corrected chi connectivity index (χ3v) is 1.41. The van der Waals surface area contributed by atoms with E-state index >= 15 is 0 Å². The Labute approximate surface area is 78.4 Å². The lowest BCUT2D eigenvalue weighted by molar-refractivity contribution is 0.0995. The van der Waals surface area contributed by atoms with Crippen LogP contribution < -0.4 is 11.5 Å². The van der Waals surface area contributed by atoms with E-state index in [1.807, 2.05) is 0 Å². The number of carbonyl (C=O) groups excluding carboxylic acids is 1. The third-order valence-electron chi connectivity index (χ3n) is 1.23. The summed E-state index contributed by atoms with van der Waals surface area (Å²) < 4.78 is 0. The molecule has 1 heterocycles. The van der Waals surface area contributed by atoms with Crippen LogP contribution in [0.1, 0.15) is 16.2 Å². The molecule has 0 radical (unpaired) electrons. The van der Waals surface area contributed by atoms with Crippen LogP contribution in [0.4, 0.5) is 0 Å². The predicted octanol–water partition coefficient (Wildman–Crippen LogP) is -0.487. The number of nitrogens with one attached hydrogen (secondary N) is 1. The number of rotatable bonds is 2. The minimum absolute atomic E-state index is 0.0267. The molecule has 5 N–H and O–H groups in total. The molecule has 0 spiro atoms. The van der Waals surface area contributed by atoms with Crippen molar-refractivity contribution in [3.63, 3.8) is 0 Å². The van der Waals surface area contributed by atoms with Gasteiger partial charge in [-0.25, -0.2) is 9.97 Å². The minimum atomic E-state index is -0.819. The van der Waals surface area contributed by atoms with Crippen molar-refractivity contribution in [3.8, 4) is 0 Å².